The molecule has 0 fully saturated rings. The Balaban J connectivity index is 2.89. The van der Waals surface area contributed by atoms with Crippen molar-refractivity contribution >= 4 is 21.9 Å². The van der Waals surface area contributed by atoms with Crippen LogP contribution in [-0.4, -0.2) is 45.8 Å². The molecule has 6 heteroatoms. The number of nitrogens with zero attached hydrogens (tertiary/aromatic N) is 1. The van der Waals surface area contributed by atoms with Gasteiger partial charge in [-0.25, -0.2) is 0 Å². The minimum atomic E-state index is -0.273. The highest BCUT2D eigenvalue weighted by molar-refractivity contribution is 9.10. The summed E-state index contributed by atoms with van der Waals surface area (Å²) in [5.41, 5.74) is 0.939. The Bertz CT molecular complexity index is 451. The summed E-state index contributed by atoms with van der Waals surface area (Å²) < 4.78 is 16.0. The van der Waals surface area contributed by atoms with Gasteiger partial charge in [0.05, 0.1) is 32.3 Å². The van der Waals surface area contributed by atoms with Gasteiger partial charge in [-0.1, -0.05) is 0 Å². The van der Waals surface area contributed by atoms with E-state index in [0.717, 1.165) is 21.5 Å². The lowest BCUT2D eigenvalue weighted by atomic mass is 10.1. The summed E-state index contributed by atoms with van der Waals surface area (Å²) in [4.78, 5) is 13.1. The van der Waals surface area contributed by atoms with E-state index >= 15 is 0 Å². The van der Waals surface area contributed by atoms with Crippen LogP contribution in [0.15, 0.2) is 16.6 Å². The standard InChI is InChI=1S/C13H18BrNO4/c1-15(8-13(16)19-4)7-9-5-12(18-3)10(14)6-11(9)17-2/h5-6H,7-8H2,1-4H3. The smallest absolute Gasteiger partial charge is 0.319 e. The number of esters is 1. The molecule has 0 heterocycles. The van der Waals surface area contributed by atoms with Gasteiger partial charge in [0.15, 0.2) is 0 Å². The first-order chi connectivity index (χ1) is 9.01. The van der Waals surface area contributed by atoms with Crippen molar-refractivity contribution in [1.29, 1.82) is 0 Å². The number of methoxy groups -OCH3 is 3. The molecule has 1 aromatic carbocycles. The minimum absolute atomic E-state index is 0.220. The summed E-state index contributed by atoms with van der Waals surface area (Å²) in [6, 6.07) is 3.73. The lowest BCUT2D eigenvalue weighted by molar-refractivity contribution is -0.141. The predicted octanol–water partition coefficient (Wildman–Crippen LogP) is 2.07. The molecule has 19 heavy (non-hydrogen) atoms. The first-order valence-corrected chi connectivity index (χ1v) is 6.46. The fourth-order valence-corrected chi connectivity index (χ4v) is 2.16. The molecular weight excluding hydrogens is 314 g/mol. The highest BCUT2D eigenvalue weighted by Gasteiger charge is 2.13. The third-order valence-corrected chi connectivity index (χ3v) is 3.24. The molecule has 0 saturated carbocycles. The van der Waals surface area contributed by atoms with E-state index in [-0.39, 0.29) is 12.5 Å². The summed E-state index contributed by atoms with van der Waals surface area (Å²) in [6.07, 6.45) is 0. The maximum atomic E-state index is 11.2. The van der Waals surface area contributed by atoms with Crippen LogP contribution in [0, 0.1) is 0 Å². The fourth-order valence-electron chi connectivity index (χ4n) is 1.68. The summed E-state index contributed by atoms with van der Waals surface area (Å²) in [5, 5.41) is 0. The summed E-state index contributed by atoms with van der Waals surface area (Å²) in [6.45, 7) is 0.778. The van der Waals surface area contributed by atoms with Gasteiger partial charge in [0.2, 0.25) is 0 Å². The molecule has 0 aliphatic heterocycles. The van der Waals surface area contributed by atoms with Crippen LogP contribution in [-0.2, 0) is 16.1 Å². The second-order valence-corrected chi connectivity index (χ2v) is 4.90. The van der Waals surface area contributed by atoms with E-state index in [1.165, 1.54) is 7.11 Å². The second-order valence-electron chi connectivity index (χ2n) is 4.05. The molecule has 0 amide bonds. The first kappa shape index (κ1) is 15.8. The largest absolute Gasteiger partial charge is 0.496 e. The Hall–Kier alpha value is -1.27. The van der Waals surface area contributed by atoms with Crippen molar-refractivity contribution in [3.63, 3.8) is 0 Å². The molecule has 0 atom stereocenters. The lowest BCUT2D eigenvalue weighted by Crippen LogP contribution is -2.26. The van der Waals surface area contributed by atoms with Gasteiger partial charge in [0.25, 0.3) is 0 Å². The zero-order valence-electron chi connectivity index (χ0n) is 11.5. The Kier molecular flexibility index (Phi) is 6.11. The van der Waals surface area contributed by atoms with Crippen LogP contribution >= 0.6 is 15.9 Å². The predicted molar refractivity (Wildman–Crippen MR) is 75.6 cm³/mol. The van der Waals surface area contributed by atoms with E-state index in [4.69, 9.17) is 9.47 Å². The molecule has 1 rings (SSSR count). The molecule has 0 N–H and O–H groups in total. The Morgan fingerprint density at radius 3 is 2.37 bits per heavy atom. The van der Waals surface area contributed by atoms with Gasteiger partial charge < -0.3 is 14.2 Å². The maximum Gasteiger partial charge on any atom is 0.319 e. The summed E-state index contributed by atoms with van der Waals surface area (Å²) in [7, 11) is 6.43. The minimum Gasteiger partial charge on any atom is -0.496 e. The third-order valence-electron chi connectivity index (χ3n) is 2.62. The van der Waals surface area contributed by atoms with Gasteiger partial charge in [-0.15, -0.1) is 0 Å². The number of hydrogen-bond acceptors (Lipinski definition) is 5. The van der Waals surface area contributed by atoms with E-state index in [1.807, 2.05) is 24.1 Å². The van der Waals surface area contributed by atoms with Crippen molar-refractivity contribution in [2.24, 2.45) is 0 Å². The van der Waals surface area contributed by atoms with E-state index in [1.54, 1.807) is 14.2 Å². The molecule has 0 saturated heterocycles. The van der Waals surface area contributed by atoms with Crippen LogP contribution in [0.1, 0.15) is 5.56 Å². The van der Waals surface area contributed by atoms with E-state index < -0.39 is 0 Å². The van der Waals surface area contributed by atoms with Crippen LogP contribution < -0.4 is 9.47 Å². The molecule has 0 bridgehead atoms. The van der Waals surface area contributed by atoms with Crippen LogP contribution in [0.5, 0.6) is 11.5 Å². The van der Waals surface area contributed by atoms with Crippen molar-refractivity contribution in [1.82, 2.24) is 4.90 Å². The van der Waals surface area contributed by atoms with E-state index in [2.05, 4.69) is 20.7 Å². The average Bonchev–Trinajstić information content (AvgIpc) is 2.39. The molecule has 106 valence electrons. The molecule has 0 aliphatic rings. The second kappa shape index (κ2) is 7.35. The molecular formula is C13H18BrNO4. The fraction of sp³-hybridized carbons (Fsp3) is 0.462. The topological polar surface area (TPSA) is 48.0 Å². The van der Waals surface area contributed by atoms with Crippen molar-refractivity contribution in [3.8, 4) is 11.5 Å². The van der Waals surface area contributed by atoms with Gasteiger partial charge in [-0.2, -0.15) is 0 Å². The number of carbonyl (C=O) groups excluding carboxylic acids is 1. The number of ether oxygens (including phenoxy) is 3. The molecule has 0 spiro atoms. The number of rotatable bonds is 6. The van der Waals surface area contributed by atoms with Gasteiger partial charge in [-0.05, 0) is 35.1 Å². The Morgan fingerprint density at radius 1 is 1.21 bits per heavy atom. The van der Waals surface area contributed by atoms with E-state index in [9.17, 15) is 4.79 Å². The number of benzene rings is 1. The number of likely N-dealkylation sites (N-methyl/N-ethyl adjacent to an activating group) is 1. The van der Waals surface area contributed by atoms with Gasteiger partial charge in [0.1, 0.15) is 11.5 Å². The highest BCUT2D eigenvalue weighted by atomic mass is 79.9. The molecule has 5 nitrogen and oxygen atoms in total. The number of carbonyl (C=O) groups is 1. The van der Waals surface area contributed by atoms with Gasteiger partial charge in [-0.3, -0.25) is 9.69 Å². The van der Waals surface area contributed by atoms with E-state index in [0.29, 0.717) is 6.54 Å². The number of hydrogen-bond donors (Lipinski definition) is 0. The number of halogens is 1. The van der Waals surface area contributed by atoms with Gasteiger partial charge >= 0.3 is 5.97 Å². The van der Waals surface area contributed by atoms with Gasteiger partial charge in [0, 0.05) is 12.1 Å². The summed E-state index contributed by atoms with van der Waals surface area (Å²) in [5.74, 6) is 1.19. The SMILES string of the molecule is COC(=O)CN(C)Cc1cc(OC)c(Br)cc1OC. The zero-order chi connectivity index (χ0) is 14.4. The first-order valence-electron chi connectivity index (χ1n) is 5.67. The quantitative estimate of drug-likeness (QED) is 0.747. The van der Waals surface area contributed by atoms with Crippen LogP contribution in [0.25, 0.3) is 0 Å². The van der Waals surface area contributed by atoms with Crippen LogP contribution in [0.2, 0.25) is 0 Å². The Morgan fingerprint density at radius 2 is 1.84 bits per heavy atom. The normalized spacial score (nSPS) is 10.4. The molecule has 0 radical (unpaired) electrons. The third kappa shape index (κ3) is 4.40. The monoisotopic (exact) mass is 331 g/mol. The molecule has 0 aromatic heterocycles. The van der Waals surface area contributed by atoms with Crippen molar-refractivity contribution < 1.29 is 19.0 Å². The Labute approximate surface area is 121 Å². The van der Waals surface area contributed by atoms with Crippen molar-refractivity contribution in [3.05, 3.63) is 22.2 Å². The van der Waals surface area contributed by atoms with Crippen LogP contribution in [0.3, 0.4) is 0 Å². The molecule has 0 unspecified atom stereocenters. The average molecular weight is 332 g/mol. The molecule has 1 aromatic rings. The highest BCUT2D eigenvalue weighted by Crippen LogP contribution is 2.33. The van der Waals surface area contributed by atoms with Crippen LogP contribution in [0.4, 0.5) is 0 Å². The van der Waals surface area contributed by atoms with Crippen molar-refractivity contribution in [2.45, 2.75) is 6.54 Å². The summed E-state index contributed by atoms with van der Waals surface area (Å²) >= 11 is 3.41. The molecule has 0 aliphatic carbocycles. The lowest BCUT2D eigenvalue weighted by Gasteiger charge is -2.18. The zero-order valence-corrected chi connectivity index (χ0v) is 13.1. The van der Waals surface area contributed by atoms with Crippen molar-refractivity contribution in [2.75, 3.05) is 34.9 Å². The maximum absolute atomic E-state index is 11.2.